The average molecular weight is 328 g/mol. The molecule has 2 aromatic rings. The summed E-state index contributed by atoms with van der Waals surface area (Å²) < 4.78 is 10.6. The molecule has 2 aromatic carbocycles. The van der Waals surface area contributed by atoms with Crippen LogP contribution in [0.15, 0.2) is 48.5 Å². The number of hydrogen-bond donors (Lipinski definition) is 1. The molecule has 128 valence electrons. The van der Waals surface area contributed by atoms with Crippen LogP contribution in [0.2, 0.25) is 0 Å². The van der Waals surface area contributed by atoms with Crippen LogP contribution in [0.1, 0.15) is 24.1 Å². The molecule has 0 spiro atoms. The first kappa shape index (κ1) is 17.7. The van der Waals surface area contributed by atoms with Crippen LogP contribution in [0.5, 0.6) is 11.5 Å². The first-order valence-corrected chi connectivity index (χ1v) is 7.82. The number of benzene rings is 2. The lowest BCUT2D eigenvalue weighted by Gasteiger charge is -2.22. The van der Waals surface area contributed by atoms with E-state index in [1.54, 1.807) is 26.2 Å². The SMILES string of the molecule is COc1ccc(OC)c(CN(C)C(=O)NC(C)c2ccccc2)c1. The molecule has 0 radical (unpaired) electrons. The zero-order chi connectivity index (χ0) is 17.5. The van der Waals surface area contributed by atoms with Crippen LogP contribution in [0.4, 0.5) is 4.79 Å². The number of rotatable bonds is 6. The molecule has 0 saturated heterocycles. The molecule has 1 unspecified atom stereocenters. The Morgan fingerprint density at radius 3 is 2.46 bits per heavy atom. The average Bonchev–Trinajstić information content (AvgIpc) is 2.62. The lowest BCUT2D eigenvalue weighted by atomic mass is 10.1. The highest BCUT2D eigenvalue weighted by Gasteiger charge is 2.15. The van der Waals surface area contributed by atoms with Crippen molar-refractivity contribution in [1.82, 2.24) is 10.2 Å². The third kappa shape index (κ3) is 4.41. The summed E-state index contributed by atoms with van der Waals surface area (Å²) in [5, 5.41) is 3.00. The number of ether oxygens (including phenoxy) is 2. The van der Waals surface area contributed by atoms with Gasteiger partial charge in [0.1, 0.15) is 11.5 Å². The second kappa shape index (κ2) is 8.24. The van der Waals surface area contributed by atoms with Crippen molar-refractivity contribution in [3.8, 4) is 11.5 Å². The first-order chi connectivity index (χ1) is 11.5. The van der Waals surface area contributed by atoms with Gasteiger partial charge in [0.15, 0.2) is 0 Å². The quantitative estimate of drug-likeness (QED) is 0.881. The van der Waals surface area contributed by atoms with Gasteiger partial charge in [-0.05, 0) is 30.7 Å². The van der Waals surface area contributed by atoms with Crippen LogP contribution in [0, 0.1) is 0 Å². The summed E-state index contributed by atoms with van der Waals surface area (Å²) in [6.07, 6.45) is 0. The molecule has 5 heteroatoms. The van der Waals surface area contributed by atoms with Gasteiger partial charge < -0.3 is 19.7 Å². The molecule has 0 saturated carbocycles. The van der Waals surface area contributed by atoms with Crippen molar-refractivity contribution in [2.45, 2.75) is 19.5 Å². The molecule has 2 rings (SSSR count). The number of methoxy groups -OCH3 is 2. The van der Waals surface area contributed by atoms with Crippen molar-refractivity contribution in [3.63, 3.8) is 0 Å². The van der Waals surface area contributed by atoms with E-state index in [9.17, 15) is 4.79 Å². The summed E-state index contributed by atoms with van der Waals surface area (Å²) in [6, 6.07) is 15.2. The van der Waals surface area contributed by atoms with E-state index in [1.807, 2.05) is 55.5 Å². The fourth-order valence-corrected chi connectivity index (χ4v) is 2.45. The maximum Gasteiger partial charge on any atom is 0.317 e. The minimum absolute atomic E-state index is 0.0617. The Labute approximate surface area is 143 Å². The lowest BCUT2D eigenvalue weighted by molar-refractivity contribution is 0.203. The molecule has 0 aliphatic carbocycles. The fourth-order valence-electron chi connectivity index (χ4n) is 2.45. The van der Waals surface area contributed by atoms with Crippen LogP contribution in [-0.2, 0) is 6.54 Å². The summed E-state index contributed by atoms with van der Waals surface area (Å²) in [5.41, 5.74) is 1.96. The van der Waals surface area contributed by atoms with Crippen molar-refractivity contribution in [3.05, 3.63) is 59.7 Å². The van der Waals surface area contributed by atoms with Crippen LogP contribution in [0.3, 0.4) is 0 Å². The molecule has 2 amide bonds. The van der Waals surface area contributed by atoms with Gasteiger partial charge in [0.25, 0.3) is 0 Å². The number of amides is 2. The molecule has 0 heterocycles. The van der Waals surface area contributed by atoms with E-state index in [4.69, 9.17) is 9.47 Å². The van der Waals surface area contributed by atoms with Gasteiger partial charge in [-0.25, -0.2) is 4.79 Å². The van der Waals surface area contributed by atoms with E-state index in [0.717, 1.165) is 22.6 Å². The van der Waals surface area contributed by atoms with E-state index >= 15 is 0 Å². The van der Waals surface area contributed by atoms with Crippen molar-refractivity contribution in [1.29, 1.82) is 0 Å². The number of carbonyl (C=O) groups is 1. The van der Waals surface area contributed by atoms with Crippen LogP contribution < -0.4 is 14.8 Å². The molecule has 0 aliphatic rings. The fraction of sp³-hybridized carbons (Fsp3) is 0.316. The Balaban J connectivity index is 2.04. The summed E-state index contributed by atoms with van der Waals surface area (Å²) in [5.74, 6) is 1.46. The van der Waals surface area contributed by atoms with Crippen molar-refractivity contribution in [2.24, 2.45) is 0 Å². The molecule has 0 fully saturated rings. The summed E-state index contributed by atoms with van der Waals surface area (Å²) >= 11 is 0. The highest BCUT2D eigenvalue weighted by Crippen LogP contribution is 2.25. The molecule has 24 heavy (non-hydrogen) atoms. The van der Waals surface area contributed by atoms with Gasteiger partial charge in [0, 0.05) is 12.6 Å². The Morgan fingerprint density at radius 2 is 1.83 bits per heavy atom. The molecule has 0 bridgehead atoms. The minimum Gasteiger partial charge on any atom is -0.497 e. The molecular formula is C19H24N2O3. The van der Waals surface area contributed by atoms with E-state index in [2.05, 4.69) is 5.32 Å². The smallest absolute Gasteiger partial charge is 0.317 e. The van der Waals surface area contributed by atoms with E-state index in [1.165, 1.54) is 0 Å². The zero-order valence-corrected chi connectivity index (χ0v) is 14.6. The number of hydrogen-bond acceptors (Lipinski definition) is 3. The van der Waals surface area contributed by atoms with Crippen molar-refractivity contribution >= 4 is 6.03 Å². The number of carbonyl (C=O) groups excluding carboxylic acids is 1. The molecule has 0 aromatic heterocycles. The van der Waals surface area contributed by atoms with Crippen molar-refractivity contribution < 1.29 is 14.3 Å². The second-order valence-electron chi connectivity index (χ2n) is 5.62. The van der Waals surface area contributed by atoms with Crippen LogP contribution in [0.25, 0.3) is 0 Å². The highest BCUT2D eigenvalue weighted by atomic mass is 16.5. The number of nitrogens with zero attached hydrogens (tertiary/aromatic N) is 1. The van der Waals surface area contributed by atoms with E-state index in [0.29, 0.717) is 6.54 Å². The Morgan fingerprint density at radius 1 is 1.12 bits per heavy atom. The van der Waals surface area contributed by atoms with Gasteiger partial charge >= 0.3 is 6.03 Å². The molecule has 0 aliphatic heterocycles. The maximum absolute atomic E-state index is 12.4. The Kier molecular flexibility index (Phi) is 6.07. The van der Waals surface area contributed by atoms with Gasteiger partial charge in [-0.15, -0.1) is 0 Å². The monoisotopic (exact) mass is 328 g/mol. The van der Waals surface area contributed by atoms with E-state index < -0.39 is 0 Å². The zero-order valence-electron chi connectivity index (χ0n) is 14.6. The normalized spacial score (nSPS) is 11.5. The third-order valence-corrected chi connectivity index (χ3v) is 3.88. The van der Waals surface area contributed by atoms with Gasteiger partial charge in [0.2, 0.25) is 0 Å². The highest BCUT2D eigenvalue weighted by molar-refractivity contribution is 5.74. The van der Waals surface area contributed by atoms with Crippen LogP contribution in [-0.4, -0.2) is 32.2 Å². The largest absolute Gasteiger partial charge is 0.497 e. The lowest BCUT2D eigenvalue weighted by Crippen LogP contribution is -2.38. The topological polar surface area (TPSA) is 50.8 Å². The standard InChI is InChI=1S/C19H24N2O3/c1-14(15-8-6-5-7-9-15)20-19(22)21(2)13-16-12-17(23-3)10-11-18(16)24-4/h5-12,14H,13H2,1-4H3,(H,20,22). The van der Waals surface area contributed by atoms with E-state index in [-0.39, 0.29) is 12.1 Å². The second-order valence-corrected chi connectivity index (χ2v) is 5.62. The molecule has 5 nitrogen and oxygen atoms in total. The summed E-state index contributed by atoms with van der Waals surface area (Å²) in [6.45, 7) is 2.39. The van der Waals surface area contributed by atoms with Gasteiger partial charge in [-0.1, -0.05) is 30.3 Å². The number of nitrogens with one attached hydrogen (secondary N) is 1. The predicted octanol–water partition coefficient (Wildman–Crippen LogP) is 3.61. The van der Waals surface area contributed by atoms with Gasteiger partial charge in [0.05, 0.1) is 26.8 Å². The van der Waals surface area contributed by atoms with Crippen LogP contribution >= 0.6 is 0 Å². The maximum atomic E-state index is 12.4. The Bertz CT molecular complexity index is 674. The minimum atomic E-state index is -0.142. The first-order valence-electron chi connectivity index (χ1n) is 7.82. The number of urea groups is 1. The summed E-state index contributed by atoms with van der Waals surface area (Å²) in [7, 11) is 4.98. The van der Waals surface area contributed by atoms with Crippen molar-refractivity contribution in [2.75, 3.05) is 21.3 Å². The van der Waals surface area contributed by atoms with Gasteiger partial charge in [-0.2, -0.15) is 0 Å². The Hall–Kier alpha value is -2.69. The third-order valence-electron chi connectivity index (χ3n) is 3.88. The predicted molar refractivity (Wildman–Crippen MR) is 94.4 cm³/mol. The van der Waals surface area contributed by atoms with Gasteiger partial charge in [-0.3, -0.25) is 0 Å². The summed E-state index contributed by atoms with van der Waals surface area (Å²) in [4.78, 5) is 14.0. The molecule has 1 atom stereocenters. The molecular weight excluding hydrogens is 304 g/mol. The molecule has 1 N–H and O–H groups in total.